The predicted molar refractivity (Wildman–Crippen MR) is 130 cm³/mol. The number of amides is 3. The lowest BCUT2D eigenvalue weighted by atomic mass is 10.1. The van der Waals surface area contributed by atoms with Crippen LogP contribution in [0.1, 0.15) is 39.6 Å². The fourth-order valence-electron chi connectivity index (χ4n) is 2.85. The summed E-state index contributed by atoms with van der Waals surface area (Å²) in [5.41, 5.74) is 1.28. The number of rotatable bonds is 10. The standard InChI is InChI=1S/C22H27N3O6S.H3P/c1-3-23-22(29)19(25-21(28)17-6-4-15(14-26)5-7-17)12-13-24-20(27)16-8-10-18(11-9-16)32(2,30)31;/h4-11,19,26H,3,12-14H2,1-2H3,(H,23,29)(H,24,27)(H,25,28);1H3. The van der Waals surface area contributed by atoms with Gasteiger partial charge in [-0.25, -0.2) is 8.42 Å². The van der Waals surface area contributed by atoms with Crippen molar-refractivity contribution < 1.29 is 27.9 Å². The lowest BCUT2D eigenvalue weighted by Crippen LogP contribution is -2.48. The van der Waals surface area contributed by atoms with Crippen LogP contribution in [0.5, 0.6) is 0 Å². The van der Waals surface area contributed by atoms with Crippen LogP contribution in [0.25, 0.3) is 0 Å². The molecule has 2 aromatic carbocycles. The molecule has 2 rings (SSSR count). The van der Waals surface area contributed by atoms with E-state index in [0.29, 0.717) is 17.7 Å². The van der Waals surface area contributed by atoms with Crippen molar-refractivity contribution >= 4 is 37.5 Å². The quantitative estimate of drug-likeness (QED) is 0.358. The molecule has 0 fully saturated rings. The van der Waals surface area contributed by atoms with Crippen LogP contribution in [-0.4, -0.2) is 56.6 Å². The van der Waals surface area contributed by atoms with Gasteiger partial charge < -0.3 is 21.1 Å². The molecule has 0 aromatic heterocycles. The van der Waals surface area contributed by atoms with Crippen LogP contribution in [-0.2, 0) is 21.2 Å². The van der Waals surface area contributed by atoms with Gasteiger partial charge in [0, 0.05) is 30.5 Å². The van der Waals surface area contributed by atoms with E-state index in [1.165, 1.54) is 24.3 Å². The molecular formula is C22H30N3O6PS. The minimum atomic E-state index is -3.36. The monoisotopic (exact) mass is 495 g/mol. The van der Waals surface area contributed by atoms with Gasteiger partial charge in [0.2, 0.25) is 5.91 Å². The normalized spacial score (nSPS) is 11.6. The summed E-state index contributed by atoms with van der Waals surface area (Å²) in [6, 6.07) is 11.0. The molecule has 11 heteroatoms. The fourth-order valence-corrected chi connectivity index (χ4v) is 3.49. The molecule has 33 heavy (non-hydrogen) atoms. The zero-order valence-corrected chi connectivity index (χ0v) is 20.9. The Bertz CT molecular complexity index is 1060. The van der Waals surface area contributed by atoms with Gasteiger partial charge in [0.25, 0.3) is 11.8 Å². The highest BCUT2D eigenvalue weighted by Crippen LogP contribution is 2.10. The first-order valence-electron chi connectivity index (χ1n) is 10.0. The Morgan fingerprint density at radius 1 is 0.909 bits per heavy atom. The largest absolute Gasteiger partial charge is 0.392 e. The maximum atomic E-state index is 12.5. The number of likely N-dealkylation sites (N-methyl/N-ethyl adjacent to an activating group) is 1. The van der Waals surface area contributed by atoms with Crippen molar-refractivity contribution in [2.45, 2.75) is 30.9 Å². The molecule has 0 aliphatic heterocycles. The SMILES string of the molecule is CCNC(=O)C(CCNC(=O)c1ccc(S(C)(=O)=O)cc1)NC(=O)c1ccc(CO)cc1.P. The van der Waals surface area contributed by atoms with Crippen LogP contribution in [0.2, 0.25) is 0 Å². The van der Waals surface area contributed by atoms with E-state index in [9.17, 15) is 22.8 Å². The van der Waals surface area contributed by atoms with Gasteiger partial charge in [-0.05, 0) is 55.3 Å². The Kier molecular flexibility index (Phi) is 11.1. The Morgan fingerprint density at radius 2 is 1.45 bits per heavy atom. The summed E-state index contributed by atoms with van der Waals surface area (Å²) in [7, 11) is -3.36. The number of nitrogens with one attached hydrogen (secondary N) is 3. The van der Waals surface area contributed by atoms with Crippen molar-refractivity contribution in [1.29, 1.82) is 0 Å². The first kappa shape index (κ1) is 28.2. The van der Waals surface area contributed by atoms with E-state index in [0.717, 1.165) is 6.26 Å². The Hall–Kier alpha value is -2.81. The summed E-state index contributed by atoms with van der Waals surface area (Å²) in [6.07, 6.45) is 1.23. The van der Waals surface area contributed by atoms with Crippen LogP contribution < -0.4 is 16.0 Å². The Balaban J connectivity index is 0.00000544. The average molecular weight is 496 g/mol. The topological polar surface area (TPSA) is 142 Å². The molecule has 3 amide bonds. The first-order chi connectivity index (χ1) is 15.2. The van der Waals surface area contributed by atoms with Gasteiger partial charge in [0.1, 0.15) is 6.04 Å². The summed E-state index contributed by atoms with van der Waals surface area (Å²) in [6.45, 7) is 2.11. The molecule has 0 radical (unpaired) electrons. The summed E-state index contributed by atoms with van der Waals surface area (Å²) in [5, 5.41) is 17.1. The van der Waals surface area contributed by atoms with Crippen molar-refractivity contribution in [3.05, 3.63) is 65.2 Å². The molecule has 180 valence electrons. The zero-order valence-electron chi connectivity index (χ0n) is 18.6. The van der Waals surface area contributed by atoms with Gasteiger partial charge in [-0.2, -0.15) is 9.90 Å². The third-order valence-corrected chi connectivity index (χ3v) is 5.76. The highest BCUT2D eigenvalue weighted by molar-refractivity contribution is 7.90. The number of hydrogen-bond donors (Lipinski definition) is 4. The maximum absolute atomic E-state index is 12.5. The minimum Gasteiger partial charge on any atom is -0.392 e. The van der Waals surface area contributed by atoms with Gasteiger partial charge >= 0.3 is 0 Å². The molecule has 0 bridgehead atoms. The molecule has 2 unspecified atom stereocenters. The van der Waals surface area contributed by atoms with Crippen molar-refractivity contribution in [2.75, 3.05) is 19.3 Å². The number of sulfone groups is 1. The third-order valence-electron chi connectivity index (χ3n) is 4.63. The second kappa shape index (κ2) is 13.0. The summed E-state index contributed by atoms with van der Waals surface area (Å²) < 4.78 is 23.0. The lowest BCUT2D eigenvalue weighted by Gasteiger charge is -2.18. The maximum Gasteiger partial charge on any atom is 0.251 e. The first-order valence-corrected chi connectivity index (χ1v) is 11.9. The Morgan fingerprint density at radius 3 is 1.97 bits per heavy atom. The zero-order chi connectivity index (χ0) is 23.7. The van der Waals surface area contributed by atoms with Crippen LogP contribution in [0.3, 0.4) is 0 Å². The van der Waals surface area contributed by atoms with E-state index in [1.54, 1.807) is 31.2 Å². The number of carbonyl (C=O) groups is 3. The van der Waals surface area contributed by atoms with E-state index in [-0.39, 0.29) is 45.8 Å². The van der Waals surface area contributed by atoms with E-state index < -0.39 is 27.7 Å². The van der Waals surface area contributed by atoms with Gasteiger partial charge in [0.05, 0.1) is 11.5 Å². The molecule has 0 aliphatic rings. The second-order valence-electron chi connectivity index (χ2n) is 7.12. The number of benzene rings is 2. The Labute approximate surface area is 196 Å². The molecule has 0 spiro atoms. The molecule has 0 saturated carbocycles. The molecule has 4 N–H and O–H groups in total. The van der Waals surface area contributed by atoms with Crippen LogP contribution >= 0.6 is 9.90 Å². The molecule has 0 heterocycles. The van der Waals surface area contributed by atoms with E-state index in [1.807, 2.05) is 0 Å². The van der Waals surface area contributed by atoms with E-state index >= 15 is 0 Å². The lowest BCUT2D eigenvalue weighted by molar-refractivity contribution is -0.123. The van der Waals surface area contributed by atoms with Crippen molar-refractivity contribution in [1.82, 2.24) is 16.0 Å². The molecule has 9 nitrogen and oxygen atoms in total. The van der Waals surface area contributed by atoms with Crippen LogP contribution in [0.4, 0.5) is 0 Å². The second-order valence-corrected chi connectivity index (χ2v) is 9.13. The summed E-state index contributed by atoms with van der Waals surface area (Å²) >= 11 is 0. The number of hydrogen-bond acceptors (Lipinski definition) is 6. The van der Waals surface area contributed by atoms with E-state index in [2.05, 4.69) is 16.0 Å². The van der Waals surface area contributed by atoms with Gasteiger partial charge in [0.15, 0.2) is 9.84 Å². The molecular weight excluding hydrogens is 465 g/mol. The van der Waals surface area contributed by atoms with Gasteiger partial charge in [-0.3, -0.25) is 14.4 Å². The number of aliphatic hydroxyl groups is 1. The van der Waals surface area contributed by atoms with Crippen molar-refractivity contribution in [2.24, 2.45) is 0 Å². The molecule has 2 atom stereocenters. The molecule has 2 aromatic rings. The predicted octanol–water partition coefficient (Wildman–Crippen LogP) is 0.695. The van der Waals surface area contributed by atoms with Crippen LogP contribution in [0.15, 0.2) is 53.4 Å². The summed E-state index contributed by atoms with van der Waals surface area (Å²) in [4.78, 5) is 37.3. The van der Waals surface area contributed by atoms with Crippen molar-refractivity contribution in [3.63, 3.8) is 0 Å². The molecule has 0 aliphatic carbocycles. The molecule has 0 saturated heterocycles. The van der Waals surface area contributed by atoms with Crippen molar-refractivity contribution in [3.8, 4) is 0 Å². The van der Waals surface area contributed by atoms with Gasteiger partial charge in [-0.1, -0.05) is 12.1 Å². The van der Waals surface area contributed by atoms with E-state index in [4.69, 9.17) is 5.11 Å². The summed E-state index contributed by atoms with van der Waals surface area (Å²) in [5.74, 6) is -1.25. The van der Waals surface area contributed by atoms with Gasteiger partial charge in [-0.15, -0.1) is 0 Å². The average Bonchev–Trinajstić information content (AvgIpc) is 2.77. The minimum absolute atomic E-state index is 0. The third kappa shape index (κ3) is 8.57. The fraction of sp³-hybridized carbons (Fsp3) is 0.318. The number of carbonyl (C=O) groups excluding carboxylic acids is 3. The van der Waals surface area contributed by atoms with Crippen LogP contribution in [0, 0.1) is 0 Å². The number of aliphatic hydroxyl groups excluding tert-OH is 1. The highest BCUT2D eigenvalue weighted by atomic mass is 32.2. The highest BCUT2D eigenvalue weighted by Gasteiger charge is 2.21. The smallest absolute Gasteiger partial charge is 0.251 e.